The van der Waals surface area contributed by atoms with Crippen molar-refractivity contribution >= 4 is 11.9 Å². The highest BCUT2D eigenvalue weighted by Gasteiger charge is 2.31. The molecule has 1 saturated carbocycles. The van der Waals surface area contributed by atoms with E-state index >= 15 is 0 Å². The Balaban J connectivity index is 1.56. The van der Waals surface area contributed by atoms with Crippen LogP contribution >= 0.6 is 0 Å². The molecule has 4 rings (SSSR count). The zero-order valence-corrected chi connectivity index (χ0v) is 14.0. The Labute approximate surface area is 150 Å². The fraction of sp³-hybridized carbons (Fsp3) is 0.300. The van der Waals surface area contributed by atoms with Crippen molar-refractivity contribution in [3.05, 3.63) is 70.5 Å². The molecule has 2 aromatic carbocycles. The van der Waals surface area contributed by atoms with E-state index < -0.39 is 23.8 Å². The molecule has 6 heteroatoms. The first kappa shape index (κ1) is 16.7. The van der Waals surface area contributed by atoms with Crippen LogP contribution in [0.1, 0.15) is 46.0 Å². The predicted molar refractivity (Wildman–Crippen MR) is 90.7 cm³/mol. The van der Waals surface area contributed by atoms with Gasteiger partial charge >= 0.3 is 5.97 Å². The van der Waals surface area contributed by atoms with Gasteiger partial charge in [-0.15, -0.1) is 0 Å². The number of carbonyl (C=O) groups is 2. The minimum absolute atomic E-state index is 0.126. The van der Waals surface area contributed by atoms with Crippen molar-refractivity contribution in [1.29, 1.82) is 0 Å². The monoisotopic (exact) mass is 355 g/mol. The molecular weight excluding hydrogens is 337 g/mol. The van der Waals surface area contributed by atoms with Gasteiger partial charge in [0.25, 0.3) is 5.91 Å². The van der Waals surface area contributed by atoms with Gasteiger partial charge in [0.15, 0.2) is 0 Å². The van der Waals surface area contributed by atoms with Gasteiger partial charge in [-0.2, -0.15) is 0 Å². The van der Waals surface area contributed by atoms with Crippen molar-refractivity contribution in [1.82, 2.24) is 5.32 Å². The van der Waals surface area contributed by atoms with Gasteiger partial charge in [0, 0.05) is 11.6 Å². The lowest BCUT2D eigenvalue weighted by Gasteiger charge is -2.18. The van der Waals surface area contributed by atoms with Gasteiger partial charge in [-0.1, -0.05) is 18.2 Å². The van der Waals surface area contributed by atoms with Gasteiger partial charge < -0.3 is 14.8 Å². The third kappa shape index (κ3) is 3.60. The molecule has 1 heterocycles. The summed E-state index contributed by atoms with van der Waals surface area (Å²) in [7, 11) is 0. The zero-order chi connectivity index (χ0) is 18.1. The highest BCUT2D eigenvalue weighted by Crippen LogP contribution is 2.26. The molecule has 0 aromatic heterocycles. The molecule has 1 N–H and O–H groups in total. The molecule has 0 spiro atoms. The Morgan fingerprint density at radius 3 is 2.54 bits per heavy atom. The predicted octanol–water partition coefficient (Wildman–Crippen LogP) is 3.03. The first-order chi connectivity index (χ1) is 12.6. The second kappa shape index (κ2) is 6.88. The summed E-state index contributed by atoms with van der Waals surface area (Å²) in [4.78, 5) is 25.1. The molecule has 1 fully saturated rings. The van der Waals surface area contributed by atoms with Gasteiger partial charge in [-0.25, -0.2) is 9.18 Å². The molecule has 0 bridgehead atoms. The fourth-order valence-electron chi connectivity index (χ4n) is 2.89. The maximum Gasteiger partial charge on any atom is 0.339 e. The molecule has 1 atom stereocenters. The van der Waals surface area contributed by atoms with Crippen molar-refractivity contribution in [3.63, 3.8) is 0 Å². The highest BCUT2D eigenvalue weighted by atomic mass is 19.1. The van der Waals surface area contributed by atoms with Crippen LogP contribution in [0.5, 0.6) is 0 Å². The van der Waals surface area contributed by atoms with Crippen LogP contribution in [-0.2, 0) is 27.5 Å². The number of halogens is 1. The smallest absolute Gasteiger partial charge is 0.339 e. The molecule has 1 aliphatic heterocycles. The van der Waals surface area contributed by atoms with E-state index in [1.165, 1.54) is 24.3 Å². The Kier molecular flexibility index (Phi) is 4.42. The topological polar surface area (TPSA) is 64.6 Å². The summed E-state index contributed by atoms with van der Waals surface area (Å²) in [5.41, 5.74) is 2.78. The highest BCUT2D eigenvalue weighted by molar-refractivity contribution is 5.93. The largest absolute Gasteiger partial charge is 0.444 e. The van der Waals surface area contributed by atoms with Crippen molar-refractivity contribution in [2.45, 2.75) is 38.2 Å². The van der Waals surface area contributed by atoms with Crippen LogP contribution in [-0.4, -0.2) is 17.9 Å². The van der Waals surface area contributed by atoms with Crippen LogP contribution in [0.15, 0.2) is 42.5 Å². The second-order valence-corrected chi connectivity index (χ2v) is 6.60. The summed E-state index contributed by atoms with van der Waals surface area (Å²) >= 11 is 0. The molecule has 2 aliphatic rings. The Morgan fingerprint density at radius 2 is 1.81 bits per heavy atom. The van der Waals surface area contributed by atoms with E-state index in [0.29, 0.717) is 24.3 Å². The van der Waals surface area contributed by atoms with Gasteiger partial charge in [0.2, 0.25) is 6.10 Å². The molecule has 1 aliphatic carbocycles. The SMILES string of the molecule is O=C(O[C@H](C(=O)NC1CC1)c1ccc(F)cc1)c1ccc2c(c1)COC2. The minimum Gasteiger partial charge on any atom is -0.444 e. The molecular formula is C20H18FNO4. The lowest BCUT2D eigenvalue weighted by molar-refractivity contribution is -0.130. The lowest BCUT2D eigenvalue weighted by atomic mass is 10.1. The van der Waals surface area contributed by atoms with Crippen molar-refractivity contribution in [2.75, 3.05) is 0 Å². The number of nitrogens with one attached hydrogen (secondary N) is 1. The van der Waals surface area contributed by atoms with Gasteiger partial charge in [0.05, 0.1) is 18.8 Å². The van der Waals surface area contributed by atoms with Gasteiger partial charge in [-0.3, -0.25) is 4.79 Å². The zero-order valence-electron chi connectivity index (χ0n) is 14.0. The van der Waals surface area contributed by atoms with Gasteiger partial charge in [0.1, 0.15) is 5.82 Å². The maximum absolute atomic E-state index is 13.2. The summed E-state index contributed by atoms with van der Waals surface area (Å²) in [5, 5.41) is 2.84. The van der Waals surface area contributed by atoms with Gasteiger partial charge in [-0.05, 0) is 48.2 Å². The summed E-state index contributed by atoms with van der Waals surface area (Å²) in [6, 6.07) is 10.7. The van der Waals surface area contributed by atoms with E-state index in [1.54, 1.807) is 12.1 Å². The first-order valence-electron chi connectivity index (χ1n) is 8.56. The Hall–Kier alpha value is -2.73. The Bertz CT molecular complexity index is 845. The van der Waals surface area contributed by atoms with E-state index in [4.69, 9.17) is 9.47 Å². The second-order valence-electron chi connectivity index (χ2n) is 6.60. The van der Waals surface area contributed by atoms with Crippen LogP contribution in [0.25, 0.3) is 0 Å². The molecule has 134 valence electrons. The molecule has 26 heavy (non-hydrogen) atoms. The van der Waals surface area contributed by atoms with Crippen LogP contribution in [0.4, 0.5) is 4.39 Å². The third-order valence-electron chi connectivity index (χ3n) is 4.52. The maximum atomic E-state index is 13.2. The van der Waals surface area contributed by atoms with Crippen LogP contribution in [0.2, 0.25) is 0 Å². The number of ether oxygens (including phenoxy) is 2. The Morgan fingerprint density at radius 1 is 1.08 bits per heavy atom. The summed E-state index contributed by atoms with van der Waals surface area (Å²) in [6.45, 7) is 0.993. The molecule has 2 aromatic rings. The summed E-state index contributed by atoms with van der Waals surface area (Å²) < 4.78 is 24.1. The van der Waals surface area contributed by atoms with Crippen molar-refractivity contribution in [2.24, 2.45) is 0 Å². The number of hydrogen-bond acceptors (Lipinski definition) is 4. The standard InChI is InChI=1S/C20H18FNO4/c21-16-5-3-12(4-6-16)18(19(23)22-17-7-8-17)26-20(24)13-1-2-14-10-25-11-15(14)9-13/h1-6,9,17-18H,7-8,10-11H2,(H,22,23)/t18-/m0/s1. The number of carbonyl (C=O) groups excluding carboxylic acids is 2. The number of esters is 1. The molecule has 0 radical (unpaired) electrons. The van der Waals surface area contributed by atoms with E-state index in [9.17, 15) is 14.0 Å². The number of fused-ring (bicyclic) bond motifs is 1. The molecule has 0 unspecified atom stereocenters. The molecule has 0 saturated heterocycles. The van der Waals surface area contributed by atoms with E-state index in [0.717, 1.165) is 24.0 Å². The van der Waals surface area contributed by atoms with Crippen LogP contribution < -0.4 is 5.32 Å². The normalized spacial score (nSPS) is 16.7. The fourth-order valence-corrected chi connectivity index (χ4v) is 2.89. The summed E-state index contributed by atoms with van der Waals surface area (Å²) in [5.74, 6) is -1.41. The van der Waals surface area contributed by atoms with E-state index in [1.807, 2.05) is 6.07 Å². The van der Waals surface area contributed by atoms with Crippen LogP contribution in [0, 0.1) is 5.82 Å². The third-order valence-corrected chi connectivity index (χ3v) is 4.52. The minimum atomic E-state index is -1.12. The average Bonchev–Trinajstić information content (AvgIpc) is 3.32. The molecule has 1 amide bonds. The van der Waals surface area contributed by atoms with E-state index in [-0.39, 0.29) is 6.04 Å². The number of hydrogen-bond donors (Lipinski definition) is 1. The molecule has 5 nitrogen and oxygen atoms in total. The van der Waals surface area contributed by atoms with Crippen molar-refractivity contribution in [3.8, 4) is 0 Å². The number of amides is 1. The number of rotatable bonds is 5. The lowest BCUT2D eigenvalue weighted by Crippen LogP contribution is -2.33. The first-order valence-corrected chi connectivity index (χ1v) is 8.56. The quantitative estimate of drug-likeness (QED) is 0.838. The number of benzene rings is 2. The van der Waals surface area contributed by atoms with E-state index in [2.05, 4.69) is 5.32 Å². The summed E-state index contributed by atoms with van der Waals surface area (Å²) in [6.07, 6.45) is 0.717. The van der Waals surface area contributed by atoms with Crippen molar-refractivity contribution < 1.29 is 23.5 Å². The van der Waals surface area contributed by atoms with Crippen LogP contribution in [0.3, 0.4) is 0 Å². The average molecular weight is 355 g/mol.